The fourth-order valence-corrected chi connectivity index (χ4v) is 7.38. The van der Waals surface area contributed by atoms with Crippen LogP contribution in [0.2, 0.25) is 0 Å². The Kier molecular flexibility index (Phi) is 4.17. The van der Waals surface area contributed by atoms with Crippen LogP contribution >= 0.6 is 0 Å². The minimum absolute atomic E-state index is 0.444. The highest BCUT2D eigenvalue weighted by molar-refractivity contribution is 5.26. The van der Waals surface area contributed by atoms with Crippen molar-refractivity contribution in [3.05, 3.63) is 35.4 Å². The lowest BCUT2D eigenvalue weighted by Crippen LogP contribution is -2.59. The van der Waals surface area contributed by atoms with Crippen LogP contribution in [-0.2, 0) is 20.9 Å². The molecule has 152 valence electrons. The van der Waals surface area contributed by atoms with Crippen LogP contribution in [0.4, 0.5) is 0 Å². The first-order valence-electron chi connectivity index (χ1n) is 11.5. The molecule has 5 saturated carbocycles. The first-order chi connectivity index (χ1) is 13.7. The van der Waals surface area contributed by atoms with Crippen LogP contribution < -0.4 is 5.73 Å². The summed E-state index contributed by atoms with van der Waals surface area (Å²) in [6, 6.07) is 9.03. The van der Waals surface area contributed by atoms with Gasteiger partial charge in [-0.25, -0.2) is 0 Å². The van der Waals surface area contributed by atoms with Crippen molar-refractivity contribution in [2.45, 2.75) is 81.7 Å². The molecule has 2 spiro atoms. The molecule has 2 atom stereocenters. The second-order valence-electron chi connectivity index (χ2n) is 10.3. The normalized spacial score (nSPS) is 46.7. The van der Waals surface area contributed by atoms with E-state index in [0.717, 1.165) is 37.5 Å². The average molecular weight is 384 g/mol. The van der Waals surface area contributed by atoms with Crippen molar-refractivity contribution in [2.24, 2.45) is 29.4 Å². The van der Waals surface area contributed by atoms with Gasteiger partial charge in [0, 0.05) is 24.7 Å². The Morgan fingerprint density at radius 3 is 2.32 bits per heavy atom. The predicted octanol–water partition coefficient (Wildman–Crippen LogP) is 4.67. The second kappa shape index (κ2) is 6.53. The molecule has 4 nitrogen and oxygen atoms in total. The van der Waals surface area contributed by atoms with E-state index in [1.165, 1.54) is 49.7 Å². The van der Waals surface area contributed by atoms with Crippen molar-refractivity contribution in [3.8, 4) is 0 Å². The van der Waals surface area contributed by atoms with Crippen molar-refractivity contribution in [1.82, 2.24) is 0 Å². The highest BCUT2D eigenvalue weighted by Crippen LogP contribution is 2.64. The minimum atomic E-state index is -0.534. The van der Waals surface area contributed by atoms with E-state index < -0.39 is 11.6 Å². The number of benzene rings is 1. The van der Waals surface area contributed by atoms with E-state index in [4.69, 9.17) is 20.2 Å². The van der Waals surface area contributed by atoms with Gasteiger partial charge in [0.25, 0.3) is 0 Å². The molecule has 2 N–H and O–H groups in total. The van der Waals surface area contributed by atoms with Gasteiger partial charge < -0.3 is 10.5 Å². The van der Waals surface area contributed by atoms with E-state index in [-0.39, 0.29) is 0 Å². The Morgan fingerprint density at radius 1 is 0.929 bits per heavy atom. The van der Waals surface area contributed by atoms with Crippen LogP contribution in [0.15, 0.2) is 24.3 Å². The Labute approximate surface area is 168 Å². The van der Waals surface area contributed by atoms with Crippen LogP contribution in [0.1, 0.15) is 74.8 Å². The molecule has 1 aliphatic heterocycles. The lowest BCUT2D eigenvalue weighted by Gasteiger charge is -2.57. The van der Waals surface area contributed by atoms with Gasteiger partial charge in [0.15, 0.2) is 0 Å². The average Bonchev–Trinajstić information content (AvgIpc) is 3.06. The molecule has 6 aliphatic rings. The van der Waals surface area contributed by atoms with Crippen LogP contribution in [0, 0.1) is 23.7 Å². The summed E-state index contributed by atoms with van der Waals surface area (Å²) in [5.74, 6) is 2.40. The topological polar surface area (TPSA) is 53.7 Å². The SMILES string of the molecule is NCCc1ccc([C@@H]2CCC[C@]3(C2)OOC2(O3)C3CC4CC(C3)CC2C4)cc1. The van der Waals surface area contributed by atoms with Gasteiger partial charge in [-0.1, -0.05) is 24.3 Å². The summed E-state index contributed by atoms with van der Waals surface area (Å²) in [4.78, 5) is 12.3. The van der Waals surface area contributed by atoms with Gasteiger partial charge in [0.1, 0.15) is 0 Å². The van der Waals surface area contributed by atoms with Crippen LogP contribution in [-0.4, -0.2) is 18.1 Å². The van der Waals surface area contributed by atoms with Crippen molar-refractivity contribution >= 4 is 0 Å². The van der Waals surface area contributed by atoms with Gasteiger partial charge in [-0.3, -0.25) is 0 Å². The molecular weight excluding hydrogens is 350 g/mol. The molecule has 5 aliphatic carbocycles. The van der Waals surface area contributed by atoms with Crippen LogP contribution in [0.3, 0.4) is 0 Å². The van der Waals surface area contributed by atoms with Crippen LogP contribution in [0.25, 0.3) is 0 Å². The standard InChI is InChI=1S/C24H33NO3/c25-9-7-16-3-5-19(6-4-16)20-2-1-8-23(15-20)26-24(28-27-23)21-11-17-10-18(13-21)14-22(24)12-17/h3-6,17-18,20-22H,1-2,7-15,25H2/t17?,18?,20-,21?,22?,23-,24?/m1/s1. The molecule has 4 heteroatoms. The number of nitrogens with two attached hydrogens (primary N) is 1. The van der Waals surface area contributed by atoms with Gasteiger partial charge in [0.05, 0.1) is 0 Å². The molecule has 0 unspecified atom stereocenters. The maximum Gasteiger partial charge on any atom is 0.210 e. The Balaban J connectivity index is 1.21. The lowest BCUT2D eigenvalue weighted by molar-refractivity contribution is -0.390. The Hall–Kier alpha value is -0.940. The molecule has 1 saturated heterocycles. The monoisotopic (exact) mass is 383 g/mol. The molecular formula is C24H33NO3. The summed E-state index contributed by atoms with van der Waals surface area (Å²) < 4.78 is 6.91. The fourth-order valence-electron chi connectivity index (χ4n) is 7.38. The van der Waals surface area contributed by atoms with Gasteiger partial charge in [-0.15, -0.1) is 0 Å². The second-order valence-corrected chi connectivity index (χ2v) is 10.3. The maximum absolute atomic E-state index is 6.91. The number of hydrogen-bond acceptors (Lipinski definition) is 4. The largest absolute Gasteiger partial charge is 0.330 e. The summed E-state index contributed by atoms with van der Waals surface area (Å²) in [5.41, 5.74) is 8.41. The van der Waals surface area contributed by atoms with Gasteiger partial charge in [0.2, 0.25) is 11.6 Å². The quantitative estimate of drug-likeness (QED) is 0.771. The molecule has 0 aromatic heterocycles. The molecule has 1 aromatic carbocycles. The summed E-state index contributed by atoms with van der Waals surface area (Å²) in [6.45, 7) is 0.705. The molecule has 28 heavy (non-hydrogen) atoms. The molecule has 0 amide bonds. The van der Waals surface area contributed by atoms with Gasteiger partial charge in [-0.05, 0) is 86.8 Å². The van der Waals surface area contributed by atoms with Crippen molar-refractivity contribution < 1.29 is 14.5 Å². The van der Waals surface area contributed by atoms with Crippen molar-refractivity contribution in [1.29, 1.82) is 0 Å². The number of ether oxygens (including phenoxy) is 1. The van der Waals surface area contributed by atoms with E-state index in [2.05, 4.69) is 24.3 Å². The third kappa shape index (κ3) is 2.72. The Morgan fingerprint density at radius 2 is 1.64 bits per heavy atom. The smallest absolute Gasteiger partial charge is 0.210 e. The van der Waals surface area contributed by atoms with E-state index in [9.17, 15) is 0 Å². The molecule has 0 radical (unpaired) electrons. The summed E-state index contributed by atoms with van der Waals surface area (Å²) in [6.07, 6.45) is 11.7. The lowest BCUT2D eigenvalue weighted by atomic mass is 9.53. The van der Waals surface area contributed by atoms with Crippen molar-refractivity contribution in [3.63, 3.8) is 0 Å². The zero-order valence-corrected chi connectivity index (χ0v) is 16.8. The number of rotatable bonds is 3. The molecule has 4 bridgehead atoms. The molecule has 6 fully saturated rings. The van der Waals surface area contributed by atoms with Gasteiger partial charge in [-0.2, -0.15) is 9.78 Å². The first kappa shape index (κ1) is 17.9. The zero-order chi connectivity index (χ0) is 18.8. The van der Waals surface area contributed by atoms with E-state index in [0.29, 0.717) is 24.3 Å². The maximum atomic E-state index is 6.91. The molecule has 1 aromatic rings. The van der Waals surface area contributed by atoms with Gasteiger partial charge >= 0.3 is 0 Å². The molecule has 7 rings (SSSR count). The number of hydrogen-bond donors (Lipinski definition) is 1. The fraction of sp³-hybridized carbons (Fsp3) is 0.750. The highest BCUT2D eigenvalue weighted by atomic mass is 17.3. The summed E-state index contributed by atoms with van der Waals surface area (Å²) >= 11 is 0. The van der Waals surface area contributed by atoms with Crippen molar-refractivity contribution in [2.75, 3.05) is 6.54 Å². The molecule has 1 heterocycles. The third-order valence-electron chi connectivity index (χ3n) is 8.50. The third-order valence-corrected chi connectivity index (χ3v) is 8.50. The summed E-state index contributed by atoms with van der Waals surface area (Å²) in [7, 11) is 0. The Bertz CT molecular complexity index is 704. The highest BCUT2D eigenvalue weighted by Gasteiger charge is 2.66. The van der Waals surface area contributed by atoms with E-state index >= 15 is 0 Å². The van der Waals surface area contributed by atoms with E-state index in [1.54, 1.807) is 0 Å². The zero-order valence-electron chi connectivity index (χ0n) is 16.8. The first-order valence-corrected chi connectivity index (χ1v) is 11.5. The predicted molar refractivity (Wildman–Crippen MR) is 106 cm³/mol. The van der Waals surface area contributed by atoms with E-state index in [1.807, 2.05) is 0 Å². The summed E-state index contributed by atoms with van der Waals surface area (Å²) in [5, 5.41) is 0. The minimum Gasteiger partial charge on any atom is -0.330 e. The van der Waals surface area contributed by atoms with Crippen LogP contribution in [0.5, 0.6) is 0 Å².